The number of aryl methyl sites for hydroxylation is 1. The van der Waals surface area contributed by atoms with E-state index in [2.05, 4.69) is 36.2 Å². The van der Waals surface area contributed by atoms with Gasteiger partial charge in [0.05, 0.1) is 18.0 Å². The molecule has 1 aliphatic rings. The van der Waals surface area contributed by atoms with E-state index in [0.717, 1.165) is 23.3 Å². The number of benzene rings is 1. The Kier molecular flexibility index (Phi) is 6.04. The molecule has 2 heterocycles. The number of carbonyl (C=O) groups excluding carboxylic acids is 1. The predicted molar refractivity (Wildman–Crippen MR) is 107 cm³/mol. The van der Waals surface area contributed by atoms with E-state index in [1.807, 2.05) is 29.6 Å². The maximum Gasteiger partial charge on any atom is 0.242 e. The van der Waals surface area contributed by atoms with Gasteiger partial charge in [-0.3, -0.25) is 9.69 Å². The van der Waals surface area contributed by atoms with Crippen LogP contribution in [0.4, 0.5) is 0 Å². The minimum Gasteiger partial charge on any atom is -0.284 e. The Morgan fingerprint density at radius 1 is 1.24 bits per heavy atom. The molecule has 1 amide bonds. The number of carbonyl (C=O) groups is 1. The lowest BCUT2D eigenvalue weighted by Crippen LogP contribution is -2.31. The second-order valence-electron chi connectivity index (χ2n) is 5.89. The van der Waals surface area contributed by atoms with E-state index in [1.54, 1.807) is 22.5 Å². The van der Waals surface area contributed by atoms with Crippen LogP contribution in [0.2, 0.25) is 0 Å². The second kappa shape index (κ2) is 8.45. The summed E-state index contributed by atoms with van der Waals surface area (Å²) in [6.07, 6.45) is 3.58. The third kappa shape index (κ3) is 4.38. The van der Waals surface area contributed by atoms with Crippen LogP contribution in [0.5, 0.6) is 0 Å². The lowest BCUT2D eigenvalue weighted by atomic mass is 10.1. The highest BCUT2D eigenvalue weighted by Gasteiger charge is 2.37. The third-order valence-corrected chi connectivity index (χ3v) is 6.07. The summed E-state index contributed by atoms with van der Waals surface area (Å²) >= 11 is 3.14. The molecule has 130 valence electrons. The molecule has 1 fully saturated rings. The Morgan fingerprint density at radius 2 is 2.08 bits per heavy atom. The first-order valence-corrected chi connectivity index (χ1v) is 10.1. The molecule has 6 heteroatoms. The number of nitrogens with zero attached hydrogens (tertiary/aromatic N) is 3. The topological polar surface area (TPSA) is 45.0 Å². The van der Waals surface area contributed by atoms with Crippen LogP contribution in [0, 0.1) is 6.92 Å². The molecular formula is C19H21N3OS2. The first-order chi connectivity index (χ1) is 12.2. The molecule has 0 bridgehead atoms. The van der Waals surface area contributed by atoms with Crippen molar-refractivity contribution >= 4 is 40.4 Å². The lowest BCUT2D eigenvalue weighted by Gasteiger charge is -2.17. The number of thioether (sulfide) groups is 1. The van der Waals surface area contributed by atoms with Crippen LogP contribution in [-0.4, -0.2) is 27.4 Å². The van der Waals surface area contributed by atoms with Gasteiger partial charge in [-0.05, 0) is 35.9 Å². The zero-order valence-electron chi connectivity index (χ0n) is 14.4. The average molecular weight is 372 g/mol. The fourth-order valence-electron chi connectivity index (χ4n) is 2.63. The number of hydrogen-bond acceptors (Lipinski definition) is 5. The van der Waals surface area contributed by atoms with Gasteiger partial charge in [0.25, 0.3) is 0 Å². The van der Waals surface area contributed by atoms with E-state index >= 15 is 0 Å². The van der Waals surface area contributed by atoms with E-state index in [-0.39, 0.29) is 11.2 Å². The van der Waals surface area contributed by atoms with Gasteiger partial charge in [0, 0.05) is 4.88 Å². The highest BCUT2D eigenvalue weighted by molar-refractivity contribution is 8.15. The Balaban J connectivity index is 1.82. The van der Waals surface area contributed by atoms with Crippen LogP contribution in [0.15, 0.2) is 52.0 Å². The van der Waals surface area contributed by atoms with Crippen molar-refractivity contribution in [1.82, 2.24) is 4.90 Å². The van der Waals surface area contributed by atoms with E-state index in [1.165, 1.54) is 17.3 Å². The largest absolute Gasteiger partial charge is 0.284 e. The molecular weight excluding hydrogens is 350 g/mol. The van der Waals surface area contributed by atoms with Crippen molar-refractivity contribution in [3.8, 4) is 0 Å². The average Bonchev–Trinajstić information content (AvgIpc) is 3.21. The summed E-state index contributed by atoms with van der Waals surface area (Å²) in [4.78, 5) is 15.6. The van der Waals surface area contributed by atoms with E-state index in [4.69, 9.17) is 0 Å². The molecule has 0 saturated carbocycles. The van der Waals surface area contributed by atoms with Crippen LogP contribution in [0.25, 0.3) is 0 Å². The molecule has 1 aliphatic heterocycles. The molecule has 0 N–H and O–H groups in total. The molecule has 0 spiro atoms. The van der Waals surface area contributed by atoms with Gasteiger partial charge in [-0.1, -0.05) is 55.4 Å². The normalized spacial score (nSPS) is 19.4. The smallest absolute Gasteiger partial charge is 0.242 e. The van der Waals surface area contributed by atoms with Gasteiger partial charge in [0.2, 0.25) is 5.91 Å². The van der Waals surface area contributed by atoms with Crippen LogP contribution in [0.1, 0.15) is 35.8 Å². The summed E-state index contributed by atoms with van der Waals surface area (Å²) in [5, 5.41) is 11.2. The van der Waals surface area contributed by atoms with E-state index in [9.17, 15) is 4.79 Å². The van der Waals surface area contributed by atoms with Crippen molar-refractivity contribution < 1.29 is 4.79 Å². The van der Waals surface area contributed by atoms with Crippen molar-refractivity contribution in [2.75, 3.05) is 0 Å². The van der Waals surface area contributed by atoms with Crippen molar-refractivity contribution in [1.29, 1.82) is 0 Å². The van der Waals surface area contributed by atoms with Crippen LogP contribution in [0.3, 0.4) is 0 Å². The van der Waals surface area contributed by atoms with Crippen LogP contribution < -0.4 is 0 Å². The SMILES string of the molecule is CCC[C@@H]1S/C(=N/N=C\c2cccs2)N(Cc2ccccc2C)C1=O. The quantitative estimate of drug-likeness (QED) is 0.546. The second-order valence-corrected chi connectivity index (χ2v) is 8.04. The van der Waals surface area contributed by atoms with Gasteiger partial charge in [0.15, 0.2) is 5.17 Å². The maximum atomic E-state index is 12.8. The molecule has 4 nitrogen and oxygen atoms in total. The highest BCUT2D eigenvalue weighted by Crippen LogP contribution is 2.32. The number of rotatable bonds is 6. The van der Waals surface area contributed by atoms with Crippen molar-refractivity contribution in [2.45, 2.75) is 38.5 Å². The van der Waals surface area contributed by atoms with E-state index in [0.29, 0.717) is 11.7 Å². The minimum atomic E-state index is -0.0512. The predicted octanol–water partition coefficient (Wildman–Crippen LogP) is 4.69. The molecule has 1 atom stereocenters. The van der Waals surface area contributed by atoms with Crippen LogP contribution >= 0.6 is 23.1 Å². The summed E-state index contributed by atoms with van der Waals surface area (Å²) in [5.74, 6) is 0.139. The summed E-state index contributed by atoms with van der Waals surface area (Å²) in [6.45, 7) is 4.72. The molecule has 1 aromatic heterocycles. The maximum absolute atomic E-state index is 12.8. The van der Waals surface area contributed by atoms with Crippen molar-refractivity contribution in [3.63, 3.8) is 0 Å². The first-order valence-electron chi connectivity index (χ1n) is 8.36. The lowest BCUT2D eigenvalue weighted by molar-refractivity contribution is -0.126. The summed E-state index contributed by atoms with van der Waals surface area (Å²) in [6, 6.07) is 12.1. The monoisotopic (exact) mass is 371 g/mol. The molecule has 0 radical (unpaired) electrons. The van der Waals surface area contributed by atoms with Crippen molar-refractivity contribution in [2.24, 2.45) is 10.2 Å². The Morgan fingerprint density at radius 3 is 2.80 bits per heavy atom. The highest BCUT2D eigenvalue weighted by atomic mass is 32.2. The zero-order chi connectivity index (χ0) is 17.6. The van der Waals surface area contributed by atoms with Crippen molar-refractivity contribution in [3.05, 3.63) is 57.8 Å². The number of thiophene rings is 1. The van der Waals surface area contributed by atoms with Crippen LogP contribution in [-0.2, 0) is 11.3 Å². The Hall–Kier alpha value is -1.92. The van der Waals surface area contributed by atoms with Gasteiger partial charge < -0.3 is 0 Å². The van der Waals surface area contributed by atoms with Gasteiger partial charge in [-0.15, -0.1) is 16.4 Å². The van der Waals surface area contributed by atoms with Gasteiger partial charge in [0.1, 0.15) is 0 Å². The van der Waals surface area contributed by atoms with Gasteiger partial charge in [-0.2, -0.15) is 5.10 Å². The standard InChI is InChI=1S/C19H21N3OS2/c1-3-7-17-18(23)22(13-15-9-5-4-8-14(15)2)19(25-17)21-20-12-16-10-6-11-24-16/h4-6,8-12,17H,3,7,13H2,1-2H3/b20-12-,21-19+/t17-/m0/s1. The summed E-state index contributed by atoms with van der Waals surface area (Å²) < 4.78 is 0. The molecule has 25 heavy (non-hydrogen) atoms. The number of amidine groups is 1. The molecule has 0 unspecified atom stereocenters. The van der Waals surface area contributed by atoms with Gasteiger partial charge >= 0.3 is 0 Å². The fourth-order valence-corrected chi connectivity index (χ4v) is 4.43. The summed E-state index contributed by atoms with van der Waals surface area (Å²) in [5.41, 5.74) is 2.32. The summed E-state index contributed by atoms with van der Waals surface area (Å²) in [7, 11) is 0. The Labute approximate surface area is 156 Å². The number of hydrogen-bond donors (Lipinski definition) is 0. The number of amides is 1. The molecule has 1 saturated heterocycles. The molecule has 0 aliphatic carbocycles. The fraction of sp³-hybridized carbons (Fsp3) is 0.316. The first kappa shape index (κ1) is 17.9. The molecule has 1 aromatic carbocycles. The zero-order valence-corrected chi connectivity index (χ0v) is 16.0. The third-order valence-electron chi connectivity index (χ3n) is 4.03. The molecule has 2 aromatic rings. The Bertz CT molecular complexity index is 784. The minimum absolute atomic E-state index is 0.0512. The van der Waals surface area contributed by atoms with E-state index < -0.39 is 0 Å². The van der Waals surface area contributed by atoms with Gasteiger partial charge in [-0.25, -0.2) is 0 Å². The molecule has 3 rings (SSSR count).